The Hall–Kier alpha value is -1.37. The summed E-state index contributed by atoms with van der Waals surface area (Å²) in [5.41, 5.74) is -1.70. The van der Waals surface area contributed by atoms with Gasteiger partial charge in [-0.2, -0.15) is 0 Å². The molecule has 1 aromatic heterocycles. The van der Waals surface area contributed by atoms with E-state index < -0.39 is 53.1 Å². The van der Waals surface area contributed by atoms with Crippen molar-refractivity contribution in [3.8, 4) is 0 Å². The molecule has 1 aromatic rings. The molecule has 15 atom stereocenters. The van der Waals surface area contributed by atoms with Crippen molar-refractivity contribution in [3.05, 3.63) is 34.4 Å². The third kappa shape index (κ3) is 3.13. The second kappa shape index (κ2) is 8.41. The van der Waals surface area contributed by atoms with Gasteiger partial charge in [-0.1, -0.05) is 13.8 Å². The van der Waals surface area contributed by atoms with Crippen LogP contribution in [-0.2, 0) is 23.7 Å². The molecule has 4 saturated carbocycles. The van der Waals surface area contributed by atoms with Crippen molar-refractivity contribution >= 4 is 0 Å². The predicted octanol–water partition coefficient (Wildman–Crippen LogP) is 2.22. The van der Waals surface area contributed by atoms with Crippen LogP contribution in [0, 0.1) is 22.7 Å². The van der Waals surface area contributed by atoms with Crippen LogP contribution >= 0.6 is 0 Å². The van der Waals surface area contributed by atoms with E-state index in [9.17, 15) is 20.1 Å². The van der Waals surface area contributed by atoms with Gasteiger partial charge < -0.3 is 43.4 Å². The number of rotatable bonds is 2. The molecule has 3 N–H and O–H groups in total. The molecule has 226 valence electrons. The quantitative estimate of drug-likeness (QED) is 0.356. The molecule has 1 spiro atoms. The molecule has 7 fully saturated rings. The molecule has 0 aromatic carbocycles. The van der Waals surface area contributed by atoms with Crippen LogP contribution in [-0.4, -0.2) is 82.3 Å². The number of hydrogen-bond donors (Lipinski definition) is 3. The van der Waals surface area contributed by atoms with Crippen LogP contribution in [0.15, 0.2) is 27.6 Å². The van der Waals surface area contributed by atoms with E-state index in [1.165, 1.54) is 13.2 Å². The van der Waals surface area contributed by atoms with E-state index in [0.29, 0.717) is 19.3 Å². The van der Waals surface area contributed by atoms with Crippen LogP contribution in [0.4, 0.5) is 0 Å². The molecular weight excluding hydrogens is 532 g/mol. The fraction of sp³-hybridized carbons (Fsp3) is 0.839. The van der Waals surface area contributed by atoms with E-state index in [2.05, 4.69) is 13.8 Å². The zero-order valence-corrected chi connectivity index (χ0v) is 24.2. The third-order valence-electron chi connectivity index (χ3n) is 13.1. The maximum absolute atomic E-state index is 12.8. The normalized spacial score (nSPS) is 58.7. The summed E-state index contributed by atoms with van der Waals surface area (Å²) in [5, 5.41) is 35.0. The number of methoxy groups -OCH3 is 1. The van der Waals surface area contributed by atoms with E-state index in [0.717, 1.165) is 31.2 Å². The van der Waals surface area contributed by atoms with Crippen LogP contribution < -0.4 is 5.63 Å². The largest absolute Gasteiger partial charge is 0.431 e. The van der Waals surface area contributed by atoms with Gasteiger partial charge in [-0.15, -0.1) is 0 Å². The molecule has 0 radical (unpaired) electrons. The average Bonchev–Trinajstić information content (AvgIpc) is 3.61. The maximum atomic E-state index is 12.8. The zero-order chi connectivity index (χ0) is 28.7. The van der Waals surface area contributed by atoms with Crippen molar-refractivity contribution < 1.29 is 43.4 Å². The molecule has 7 aliphatic rings. The summed E-state index contributed by atoms with van der Waals surface area (Å²) in [6.45, 7) is 6.24. The minimum atomic E-state index is -1.65. The highest BCUT2D eigenvalue weighted by Crippen LogP contribution is 2.78. The summed E-state index contributed by atoms with van der Waals surface area (Å²) < 4.78 is 36.6. The minimum Gasteiger partial charge on any atom is -0.431 e. The number of ether oxygens (including phenoxy) is 5. The maximum Gasteiger partial charge on any atom is 0.335 e. The third-order valence-corrected chi connectivity index (χ3v) is 13.1. The smallest absolute Gasteiger partial charge is 0.335 e. The molecule has 3 saturated heterocycles. The SMILES string of the molecule is CO[C@]12O[C@@H]3C[C@@]4(C)[C@@H](C[C@@H]5O[C@]56[C@@H]4CC[C@]4(C)[C@@H](c5ccc(=O)oc5)CC[C@]64O)C[C@H]3O[C@H](O[C@@H](C)[C@H]1O)[C@H]2O. The standard InChI is InChI=1S/C31H42O10/c1-15-24(33)31(36-4)25(34)26(38-15)39-19-11-17-12-22-30(41-22)21(27(17,2)13-20(19)40-31)8-9-28(3)18(7-10-29(28,30)35)16-5-6-23(32)37-14-16/h5-6,14-15,17-22,24-26,33-35H,7-13H2,1-4H3/t15-,17+,18+,19+,20+,21+,22-,24+,25+,26-,27-,28+,29+,30+,31-/m0/s1. The summed E-state index contributed by atoms with van der Waals surface area (Å²) in [6, 6.07) is 3.32. The fourth-order valence-corrected chi connectivity index (χ4v) is 11.0. The summed E-state index contributed by atoms with van der Waals surface area (Å²) in [6.07, 6.45) is 2.05. The number of aliphatic hydroxyl groups excluding tert-OH is 2. The van der Waals surface area contributed by atoms with Crippen molar-refractivity contribution in [1.82, 2.24) is 0 Å². The number of epoxide rings is 1. The Kier molecular flexibility index (Phi) is 5.58. The first-order valence-corrected chi connectivity index (χ1v) is 15.3. The Balaban J connectivity index is 1.14. The van der Waals surface area contributed by atoms with Gasteiger partial charge in [0, 0.05) is 18.6 Å². The summed E-state index contributed by atoms with van der Waals surface area (Å²) in [5.74, 6) is -1.19. The lowest BCUT2D eigenvalue weighted by Gasteiger charge is -2.62. The molecule has 0 amide bonds. The molecular formula is C31H42O10. The van der Waals surface area contributed by atoms with Gasteiger partial charge in [-0.05, 0) is 86.7 Å². The van der Waals surface area contributed by atoms with Gasteiger partial charge in [0.1, 0.15) is 17.3 Å². The lowest BCUT2D eigenvalue weighted by molar-refractivity contribution is -0.388. The highest BCUT2D eigenvalue weighted by atomic mass is 16.8. The molecule has 10 nitrogen and oxygen atoms in total. The van der Waals surface area contributed by atoms with Gasteiger partial charge in [0.05, 0.1) is 30.7 Å². The first-order chi connectivity index (χ1) is 19.4. The molecule has 3 aliphatic heterocycles. The Morgan fingerprint density at radius 2 is 1.80 bits per heavy atom. The first-order valence-electron chi connectivity index (χ1n) is 15.3. The van der Waals surface area contributed by atoms with Crippen molar-refractivity contribution in [3.63, 3.8) is 0 Å². The van der Waals surface area contributed by atoms with E-state index in [1.54, 1.807) is 13.2 Å². The van der Waals surface area contributed by atoms with Crippen molar-refractivity contribution in [1.29, 1.82) is 0 Å². The fourth-order valence-electron chi connectivity index (χ4n) is 11.0. The Labute approximate surface area is 239 Å². The lowest BCUT2D eigenvalue weighted by Crippen LogP contribution is -2.69. The molecule has 41 heavy (non-hydrogen) atoms. The van der Waals surface area contributed by atoms with E-state index >= 15 is 0 Å². The first kappa shape index (κ1) is 27.2. The van der Waals surface area contributed by atoms with Gasteiger partial charge in [0.15, 0.2) is 12.4 Å². The number of aliphatic hydroxyl groups is 3. The van der Waals surface area contributed by atoms with Crippen molar-refractivity contribution in [2.75, 3.05) is 7.11 Å². The molecule has 4 heterocycles. The topological polar surface area (TPSA) is 140 Å². The van der Waals surface area contributed by atoms with Crippen LogP contribution in [0.3, 0.4) is 0 Å². The van der Waals surface area contributed by atoms with Gasteiger partial charge in [0.25, 0.3) is 0 Å². The molecule has 4 aliphatic carbocycles. The summed E-state index contributed by atoms with van der Waals surface area (Å²) in [4.78, 5) is 11.7. The van der Waals surface area contributed by atoms with E-state index in [-0.39, 0.29) is 41.0 Å². The van der Waals surface area contributed by atoms with Crippen LogP contribution in [0.25, 0.3) is 0 Å². The van der Waals surface area contributed by atoms with Gasteiger partial charge in [-0.3, -0.25) is 0 Å². The summed E-state index contributed by atoms with van der Waals surface area (Å²) >= 11 is 0. The Morgan fingerprint density at radius 3 is 2.54 bits per heavy atom. The van der Waals surface area contributed by atoms with Gasteiger partial charge in [0.2, 0.25) is 5.79 Å². The average molecular weight is 575 g/mol. The van der Waals surface area contributed by atoms with Gasteiger partial charge in [-0.25, -0.2) is 4.79 Å². The Bertz CT molecular complexity index is 1280. The second-order valence-electron chi connectivity index (χ2n) is 14.5. The minimum absolute atomic E-state index is 0.0286. The highest BCUT2D eigenvalue weighted by Gasteiger charge is 2.85. The van der Waals surface area contributed by atoms with Crippen molar-refractivity contribution in [2.24, 2.45) is 22.7 Å². The van der Waals surface area contributed by atoms with Crippen LogP contribution in [0.2, 0.25) is 0 Å². The van der Waals surface area contributed by atoms with Gasteiger partial charge >= 0.3 is 5.63 Å². The highest BCUT2D eigenvalue weighted by molar-refractivity contribution is 5.36. The molecule has 8 rings (SSSR count). The van der Waals surface area contributed by atoms with Crippen LogP contribution in [0.1, 0.15) is 77.2 Å². The lowest BCUT2D eigenvalue weighted by atomic mass is 9.42. The monoisotopic (exact) mass is 574 g/mol. The number of hydrogen-bond acceptors (Lipinski definition) is 10. The van der Waals surface area contributed by atoms with Crippen molar-refractivity contribution in [2.45, 2.75) is 132 Å². The van der Waals surface area contributed by atoms with E-state index in [1.807, 2.05) is 6.07 Å². The zero-order valence-electron chi connectivity index (χ0n) is 24.2. The Morgan fingerprint density at radius 1 is 1.00 bits per heavy atom. The molecule has 10 heteroatoms. The summed E-state index contributed by atoms with van der Waals surface area (Å²) in [7, 11) is 1.44. The van der Waals surface area contributed by atoms with Crippen LogP contribution in [0.5, 0.6) is 0 Å². The van der Waals surface area contributed by atoms with E-state index in [4.69, 9.17) is 28.1 Å². The molecule has 2 bridgehead atoms. The molecule has 0 unspecified atom stereocenters. The second-order valence-corrected chi connectivity index (χ2v) is 14.5. The predicted molar refractivity (Wildman–Crippen MR) is 142 cm³/mol. The number of fused-ring (bicyclic) bond motifs is 6.